The van der Waals surface area contributed by atoms with Crippen LogP contribution in [0.25, 0.3) is 12.2 Å². The first-order valence-corrected chi connectivity index (χ1v) is 20.9. The molecule has 0 aliphatic carbocycles. The zero-order chi connectivity index (χ0) is 32.1. The second kappa shape index (κ2) is 35.6. The maximum atomic E-state index is 3.43. The predicted molar refractivity (Wildman–Crippen MR) is 207 cm³/mol. The van der Waals surface area contributed by atoms with Crippen LogP contribution >= 0.6 is 0 Å². The van der Waals surface area contributed by atoms with Gasteiger partial charge in [-0.3, -0.25) is 0 Å². The SMILES string of the molecule is CCCCCCCCCCCCCCCCCCC=Cc1cc[nH]c1C=CCCCCCCCCCCCCCCCCCC. The molecule has 1 nitrogen and oxygen atoms in total. The van der Waals surface area contributed by atoms with Gasteiger partial charge in [-0.05, 0) is 43.4 Å². The van der Waals surface area contributed by atoms with Gasteiger partial charge in [-0.25, -0.2) is 0 Å². The van der Waals surface area contributed by atoms with Crippen molar-refractivity contribution in [1.29, 1.82) is 0 Å². The molecule has 262 valence electrons. The van der Waals surface area contributed by atoms with Crippen LogP contribution in [-0.4, -0.2) is 4.98 Å². The topological polar surface area (TPSA) is 15.8 Å². The molecule has 0 bridgehead atoms. The summed E-state index contributed by atoms with van der Waals surface area (Å²) in [4.78, 5) is 3.43. The third-order valence-corrected chi connectivity index (χ3v) is 9.84. The van der Waals surface area contributed by atoms with E-state index in [1.807, 2.05) is 0 Å². The number of hydrogen-bond acceptors (Lipinski definition) is 0. The summed E-state index contributed by atoms with van der Waals surface area (Å²) < 4.78 is 0. The highest BCUT2D eigenvalue weighted by Gasteiger charge is 1.98. The Bertz CT molecular complexity index is 679. The minimum atomic E-state index is 1.21. The van der Waals surface area contributed by atoms with Crippen molar-refractivity contribution in [3.05, 3.63) is 35.7 Å². The number of hydrogen-bond donors (Lipinski definition) is 1. The second-order valence-electron chi connectivity index (χ2n) is 14.3. The van der Waals surface area contributed by atoms with E-state index in [-0.39, 0.29) is 0 Å². The molecule has 0 amide bonds. The highest BCUT2D eigenvalue weighted by Crippen LogP contribution is 2.17. The Kier molecular flexibility index (Phi) is 33.1. The standard InChI is InChI=1S/C44H81N/c1-3-5-7-9-11-13-15-17-19-21-23-25-27-29-31-33-35-37-39-43-41-42-45-44(43)40-38-36-34-32-30-28-26-24-22-20-18-16-14-12-10-8-6-4-2/h37-42,45H,3-36H2,1-2H3. The van der Waals surface area contributed by atoms with Gasteiger partial charge in [-0.2, -0.15) is 0 Å². The fraction of sp³-hybridized carbons (Fsp3) is 0.818. The predicted octanol–water partition coefficient (Wildman–Crippen LogP) is 16.3. The van der Waals surface area contributed by atoms with Crippen LogP contribution in [0.2, 0.25) is 0 Å². The van der Waals surface area contributed by atoms with Crippen molar-refractivity contribution >= 4 is 12.2 Å². The Labute approximate surface area is 284 Å². The molecule has 0 radical (unpaired) electrons. The van der Waals surface area contributed by atoms with Crippen LogP contribution < -0.4 is 0 Å². The Morgan fingerprint density at radius 3 is 1.00 bits per heavy atom. The average molecular weight is 624 g/mol. The Hall–Kier alpha value is -1.24. The van der Waals surface area contributed by atoms with Crippen molar-refractivity contribution in [1.82, 2.24) is 4.98 Å². The fourth-order valence-corrected chi connectivity index (χ4v) is 6.72. The molecule has 0 saturated heterocycles. The van der Waals surface area contributed by atoms with Crippen LogP contribution in [0.5, 0.6) is 0 Å². The van der Waals surface area contributed by atoms with E-state index in [1.165, 1.54) is 230 Å². The fourth-order valence-electron chi connectivity index (χ4n) is 6.72. The first kappa shape index (κ1) is 41.8. The normalized spacial score (nSPS) is 12.0. The molecule has 1 aromatic heterocycles. The smallest absolute Gasteiger partial charge is 0.0450 e. The number of rotatable bonds is 36. The van der Waals surface area contributed by atoms with Crippen molar-refractivity contribution < 1.29 is 0 Å². The van der Waals surface area contributed by atoms with E-state index >= 15 is 0 Å². The van der Waals surface area contributed by atoms with Crippen molar-refractivity contribution in [3.8, 4) is 0 Å². The lowest BCUT2D eigenvalue weighted by molar-refractivity contribution is 0.530. The maximum absolute atomic E-state index is 3.43. The first-order valence-electron chi connectivity index (χ1n) is 20.9. The molecular formula is C44H81N. The molecule has 0 fully saturated rings. The summed E-state index contributed by atoms with van der Waals surface area (Å²) in [5.41, 5.74) is 2.62. The van der Waals surface area contributed by atoms with Crippen LogP contribution in [0.15, 0.2) is 24.4 Å². The lowest BCUT2D eigenvalue weighted by Gasteiger charge is -2.03. The Morgan fingerprint density at radius 2 is 0.667 bits per heavy atom. The van der Waals surface area contributed by atoms with Gasteiger partial charge in [-0.1, -0.05) is 225 Å². The summed E-state index contributed by atoms with van der Waals surface area (Å²) in [7, 11) is 0. The molecule has 0 aliphatic rings. The third kappa shape index (κ3) is 29.9. The van der Waals surface area contributed by atoms with E-state index in [1.54, 1.807) is 0 Å². The summed E-state index contributed by atoms with van der Waals surface area (Å²) in [6.07, 6.45) is 60.0. The van der Waals surface area contributed by atoms with Gasteiger partial charge in [0.1, 0.15) is 0 Å². The quantitative estimate of drug-likeness (QED) is 0.0716. The number of allylic oxidation sites excluding steroid dienone is 2. The summed E-state index contributed by atoms with van der Waals surface area (Å²) in [5.74, 6) is 0. The zero-order valence-electron chi connectivity index (χ0n) is 31.0. The second-order valence-corrected chi connectivity index (χ2v) is 14.3. The number of nitrogens with one attached hydrogen (secondary N) is 1. The van der Waals surface area contributed by atoms with E-state index in [2.05, 4.69) is 55.4 Å². The molecule has 45 heavy (non-hydrogen) atoms. The number of aromatic nitrogens is 1. The molecule has 0 aliphatic heterocycles. The Balaban J connectivity index is 1.87. The van der Waals surface area contributed by atoms with Crippen LogP contribution in [0.3, 0.4) is 0 Å². The molecule has 0 unspecified atom stereocenters. The monoisotopic (exact) mass is 624 g/mol. The summed E-state index contributed by atoms with van der Waals surface area (Å²) in [6.45, 7) is 4.61. The molecule has 1 aromatic rings. The Morgan fingerprint density at radius 1 is 0.378 bits per heavy atom. The highest BCUT2D eigenvalue weighted by molar-refractivity contribution is 5.62. The molecule has 0 aromatic carbocycles. The molecule has 1 heteroatoms. The van der Waals surface area contributed by atoms with Gasteiger partial charge >= 0.3 is 0 Å². The zero-order valence-corrected chi connectivity index (χ0v) is 31.0. The third-order valence-electron chi connectivity index (χ3n) is 9.84. The molecule has 1 rings (SSSR count). The molecule has 0 spiro atoms. The van der Waals surface area contributed by atoms with E-state index in [9.17, 15) is 0 Å². The van der Waals surface area contributed by atoms with Gasteiger partial charge in [0.05, 0.1) is 0 Å². The van der Waals surface area contributed by atoms with E-state index < -0.39 is 0 Å². The van der Waals surface area contributed by atoms with Gasteiger partial charge in [0.2, 0.25) is 0 Å². The molecule has 1 N–H and O–H groups in total. The lowest BCUT2D eigenvalue weighted by atomic mass is 10.0. The van der Waals surface area contributed by atoms with Gasteiger partial charge < -0.3 is 4.98 Å². The van der Waals surface area contributed by atoms with Gasteiger partial charge in [-0.15, -0.1) is 0 Å². The van der Waals surface area contributed by atoms with E-state index in [4.69, 9.17) is 0 Å². The highest BCUT2D eigenvalue weighted by atomic mass is 14.7. The van der Waals surface area contributed by atoms with Crippen LogP contribution in [-0.2, 0) is 0 Å². The lowest BCUT2D eigenvalue weighted by Crippen LogP contribution is -1.83. The molecular weight excluding hydrogens is 542 g/mol. The first-order chi connectivity index (χ1) is 22.4. The van der Waals surface area contributed by atoms with Crippen molar-refractivity contribution in [2.24, 2.45) is 0 Å². The molecule has 1 heterocycles. The number of unbranched alkanes of at least 4 members (excludes halogenated alkanes) is 32. The number of H-pyrrole nitrogens is 1. The van der Waals surface area contributed by atoms with Gasteiger partial charge in [0, 0.05) is 11.9 Å². The van der Waals surface area contributed by atoms with E-state index in [0.29, 0.717) is 0 Å². The van der Waals surface area contributed by atoms with Crippen molar-refractivity contribution in [2.75, 3.05) is 0 Å². The number of aromatic amines is 1. The van der Waals surface area contributed by atoms with Crippen molar-refractivity contribution in [2.45, 2.75) is 232 Å². The summed E-state index contributed by atoms with van der Waals surface area (Å²) in [5, 5.41) is 0. The minimum Gasteiger partial charge on any atom is -0.361 e. The van der Waals surface area contributed by atoms with Gasteiger partial charge in [0.25, 0.3) is 0 Å². The van der Waals surface area contributed by atoms with E-state index in [0.717, 1.165) is 0 Å². The van der Waals surface area contributed by atoms with Crippen LogP contribution in [0, 0.1) is 0 Å². The molecule has 0 saturated carbocycles. The average Bonchev–Trinajstić information content (AvgIpc) is 3.50. The van der Waals surface area contributed by atoms with Crippen LogP contribution in [0.1, 0.15) is 243 Å². The minimum absolute atomic E-state index is 1.21. The van der Waals surface area contributed by atoms with Crippen LogP contribution in [0.4, 0.5) is 0 Å². The largest absolute Gasteiger partial charge is 0.361 e. The summed E-state index contributed by atoms with van der Waals surface area (Å²) in [6, 6.07) is 2.22. The van der Waals surface area contributed by atoms with Crippen molar-refractivity contribution in [3.63, 3.8) is 0 Å². The molecule has 0 atom stereocenters. The summed E-state index contributed by atoms with van der Waals surface area (Å²) >= 11 is 0. The maximum Gasteiger partial charge on any atom is 0.0450 e. The van der Waals surface area contributed by atoms with Gasteiger partial charge in [0.15, 0.2) is 0 Å².